The number of hydrogen-bond acceptors (Lipinski definition) is 6. The molecule has 0 saturated heterocycles. The molecule has 0 heterocycles. The zero-order valence-corrected chi connectivity index (χ0v) is 54.1. The Balaban J connectivity index is 4.26. The van der Waals surface area contributed by atoms with Gasteiger partial charge in [-0.2, -0.15) is 0 Å². The van der Waals surface area contributed by atoms with Crippen molar-refractivity contribution >= 4 is 17.9 Å². The number of carbonyl (C=O) groups excluding carboxylic acids is 3. The lowest BCUT2D eigenvalue weighted by atomic mass is 10.0. The molecule has 0 saturated carbocycles. The highest BCUT2D eigenvalue weighted by molar-refractivity contribution is 5.71. The van der Waals surface area contributed by atoms with Crippen molar-refractivity contribution in [1.29, 1.82) is 0 Å². The average Bonchev–Trinajstić information content (AvgIpc) is 3.47. The summed E-state index contributed by atoms with van der Waals surface area (Å²) in [5.74, 6) is -0.859. The Hall–Kier alpha value is -3.15. The van der Waals surface area contributed by atoms with Crippen molar-refractivity contribution in [3.63, 3.8) is 0 Å². The van der Waals surface area contributed by atoms with E-state index < -0.39 is 6.10 Å². The fourth-order valence-corrected chi connectivity index (χ4v) is 10.4. The highest BCUT2D eigenvalue weighted by Gasteiger charge is 2.19. The number of carbonyl (C=O) groups is 3. The van der Waals surface area contributed by atoms with Gasteiger partial charge in [0.05, 0.1) is 0 Å². The molecule has 0 N–H and O–H groups in total. The van der Waals surface area contributed by atoms with Gasteiger partial charge in [-0.1, -0.05) is 331 Å². The summed E-state index contributed by atoms with van der Waals surface area (Å²) in [6, 6.07) is 0. The molecule has 0 aromatic rings. The molecule has 6 heteroatoms. The van der Waals surface area contributed by atoms with Crippen LogP contribution in [0.2, 0.25) is 0 Å². The average molecular weight is 1130 g/mol. The predicted molar refractivity (Wildman–Crippen MR) is 353 cm³/mol. The summed E-state index contributed by atoms with van der Waals surface area (Å²) in [4.78, 5) is 38.4. The Kier molecular flexibility index (Phi) is 66.6. The van der Waals surface area contributed by atoms with Gasteiger partial charge in [-0.25, -0.2) is 0 Å². The van der Waals surface area contributed by atoms with E-state index in [-0.39, 0.29) is 31.1 Å². The van der Waals surface area contributed by atoms with Crippen LogP contribution in [0, 0.1) is 0 Å². The Morgan fingerprint density at radius 2 is 0.481 bits per heavy atom. The van der Waals surface area contributed by atoms with Crippen molar-refractivity contribution in [1.82, 2.24) is 0 Å². The molecule has 0 aliphatic rings. The molecule has 6 nitrogen and oxygen atoms in total. The van der Waals surface area contributed by atoms with Crippen LogP contribution in [0.3, 0.4) is 0 Å². The van der Waals surface area contributed by atoms with Crippen LogP contribution in [-0.4, -0.2) is 37.2 Å². The van der Waals surface area contributed by atoms with Crippen molar-refractivity contribution in [2.24, 2.45) is 0 Å². The third-order valence-corrected chi connectivity index (χ3v) is 15.7. The summed E-state index contributed by atoms with van der Waals surface area (Å²) >= 11 is 0. The second-order valence-electron chi connectivity index (χ2n) is 23.8. The van der Waals surface area contributed by atoms with Crippen LogP contribution in [0.4, 0.5) is 0 Å². The van der Waals surface area contributed by atoms with Crippen LogP contribution in [0.5, 0.6) is 0 Å². The SMILES string of the molecule is CC/C=C\C/C=C\C/C=C\C/C=C\C/C=C\CCCCCCCCCCCCCCCC(=O)OCC(COC(=O)CCCCCCC/C=C\CCCCCCCC)OC(=O)CCCCCCCCCCCCCCCCCCCCC. The molecule has 0 bridgehead atoms. The minimum absolute atomic E-state index is 0.0739. The van der Waals surface area contributed by atoms with Crippen molar-refractivity contribution in [3.05, 3.63) is 72.9 Å². The molecule has 0 aliphatic heterocycles. The monoisotopic (exact) mass is 1130 g/mol. The maximum Gasteiger partial charge on any atom is 0.306 e. The van der Waals surface area contributed by atoms with Gasteiger partial charge >= 0.3 is 17.9 Å². The second kappa shape index (κ2) is 69.3. The molecule has 0 rings (SSSR count). The van der Waals surface area contributed by atoms with Crippen LogP contribution in [0.25, 0.3) is 0 Å². The first-order valence-corrected chi connectivity index (χ1v) is 35.4. The summed E-state index contributed by atoms with van der Waals surface area (Å²) in [5.41, 5.74) is 0. The Bertz CT molecular complexity index is 1490. The van der Waals surface area contributed by atoms with Gasteiger partial charge in [-0.15, -0.1) is 0 Å². The van der Waals surface area contributed by atoms with Gasteiger partial charge < -0.3 is 14.2 Å². The fraction of sp³-hybridized carbons (Fsp3) is 0.800. The first-order chi connectivity index (χ1) is 40.0. The van der Waals surface area contributed by atoms with E-state index in [0.717, 1.165) is 96.3 Å². The molecular formula is C75H134O6. The first kappa shape index (κ1) is 77.9. The van der Waals surface area contributed by atoms with Gasteiger partial charge in [0.1, 0.15) is 13.2 Å². The molecular weight excluding hydrogens is 997 g/mol. The number of allylic oxidation sites excluding steroid dienone is 12. The van der Waals surface area contributed by atoms with Crippen molar-refractivity contribution in [2.45, 2.75) is 374 Å². The van der Waals surface area contributed by atoms with Crippen LogP contribution in [-0.2, 0) is 28.6 Å². The van der Waals surface area contributed by atoms with Crippen LogP contribution in [0.15, 0.2) is 72.9 Å². The van der Waals surface area contributed by atoms with Crippen molar-refractivity contribution < 1.29 is 28.6 Å². The molecule has 1 atom stereocenters. The quantitative estimate of drug-likeness (QED) is 0.0261. The number of unbranched alkanes of at least 4 members (excludes halogenated alkanes) is 42. The molecule has 0 amide bonds. The zero-order chi connectivity index (χ0) is 58.5. The summed E-state index contributed by atoms with van der Waals surface area (Å²) < 4.78 is 17.0. The van der Waals surface area contributed by atoms with E-state index in [4.69, 9.17) is 14.2 Å². The molecule has 0 radical (unpaired) electrons. The largest absolute Gasteiger partial charge is 0.462 e. The normalized spacial score (nSPS) is 12.5. The van der Waals surface area contributed by atoms with E-state index in [9.17, 15) is 14.4 Å². The summed E-state index contributed by atoms with van der Waals surface area (Å²) in [5, 5.41) is 0. The molecule has 0 fully saturated rings. The lowest BCUT2D eigenvalue weighted by molar-refractivity contribution is -0.167. The summed E-state index contributed by atoms with van der Waals surface area (Å²) in [6.45, 7) is 6.57. The summed E-state index contributed by atoms with van der Waals surface area (Å²) in [6.07, 6.45) is 90.7. The molecule has 0 aromatic carbocycles. The van der Waals surface area contributed by atoms with Crippen molar-refractivity contribution in [2.75, 3.05) is 13.2 Å². The molecule has 0 aromatic heterocycles. The number of rotatable bonds is 65. The van der Waals surface area contributed by atoms with Gasteiger partial charge in [0, 0.05) is 19.3 Å². The standard InChI is InChI=1S/C75H134O6/c1-4-7-10-13-16-19-22-25-28-30-32-33-34-35-36-37-38-39-40-41-43-44-47-50-53-56-59-62-65-68-74(77)80-71-72(70-79-73(76)67-64-61-58-55-52-49-46-27-24-21-18-15-12-9-6-3)81-75(78)69-66-63-60-57-54-51-48-45-42-31-29-26-23-20-17-14-11-8-5-2/h7,10,16,19,25,27-28,32-33,35-36,46,72H,4-6,8-9,11-15,17-18,20-24,26,29-31,34,37-45,47-71H2,1-3H3/b10-7-,19-16-,28-25-,33-32-,36-35-,46-27-. The van der Waals surface area contributed by atoms with E-state index in [1.54, 1.807) is 0 Å². The lowest BCUT2D eigenvalue weighted by Gasteiger charge is -2.18. The third kappa shape index (κ3) is 67.5. The van der Waals surface area contributed by atoms with Gasteiger partial charge in [-0.3, -0.25) is 14.4 Å². The smallest absolute Gasteiger partial charge is 0.306 e. The Morgan fingerprint density at radius 1 is 0.259 bits per heavy atom. The first-order valence-electron chi connectivity index (χ1n) is 35.4. The van der Waals surface area contributed by atoms with Crippen LogP contribution >= 0.6 is 0 Å². The second-order valence-corrected chi connectivity index (χ2v) is 23.8. The highest BCUT2D eigenvalue weighted by atomic mass is 16.6. The summed E-state index contributed by atoms with van der Waals surface area (Å²) in [7, 11) is 0. The van der Waals surface area contributed by atoms with Crippen LogP contribution in [0.1, 0.15) is 367 Å². The van der Waals surface area contributed by atoms with E-state index in [0.29, 0.717) is 19.3 Å². The molecule has 1 unspecified atom stereocenters. The minimum Gasteiger partial charge on any atom is -0.462 e. The van der Waals surface area contributed by atoms with Gasteiger partial charge in [0.15, 0.2) is 6.10 Å². The number of esters is 3. The molecule has 0 aliphatic carbocycles. The number of ether oxygens (including phenoxy) is 3. The maximum absolute atomic E-state index is 13.0. The van der Waals surface area contributed by atoms with E-state index >= 15 is 0 Å². The maximum atomic E-state index is 13.0. The third-order valence-electron chi connectivity index (χ3n) is 15.7. The zero-order valence-electron chi connectivity index (χ0n) is 54.1. The molecule has 81 heavy (non-hydrogen) atoms. The van der Waals surface area contributed by atoms with Gasteiger partial charge in [-0.05, 0) is 89.9 Å². The predicted octanol–water partition coefficient (Wildman–Crippen LogP) is 24.4. The Morgan fingerprint density at radius 3 is 0.765 bits per heavy atom. The Labute approximate surface area is 503 Å². The number of hydrogen-bond donors (Lipinski definition) is 0. The minimum atomic E-state index is -0.778. The van der Waals surface area contributed by atoms with Gasteiger partial charge in [0.2, 0.25) is 0 Å². The van der Waals surface area contributed by atoms with Crippen LogP contribution < -0.4 is 0 Å². The highest BCUT2D eigenvalue weighted by Crippen LogP contribution is 2.18. The van der Waals surface area contributed by atoms with E-state index in [1.807, 2.05) is 0 Å². The van der Waals surface area contributed by atoms with E-state index in [1.165, 1.54) is 231 Å². The van der Waals surface area contributed by atoms with Gasteiger partial charge in [0.25, 0.3) is 0 Å². The van der Waals surface area contributed by atoms with E-state index in [2.05, 4.69) is 93.7 Å². The van der Waals surface area contributed by atoms with Crippen molar-refractivity contribution in [3.8, 4) is 0 Å². The molecule has 0 spiro atoms. The fourth-order valence-electron chi connectivity index (χ4n) is 10.4. The molecule has 470 valence electrons. The topological polar surface area (TPSA) is 78.9 Å². The lowest BCUT2D eigenvalue weighted by Crippen LogP contribution is -2.30.